The van der Waals surface area contributed by atoms with Crippen molar-refractivity contribution in [3.63, 3.8) is 0 Å². The zero-order valence-corrected chi connectivity index (χ0v) is 9.61. The molecule has 0 bridgehead atoms. The number of nitrogens with two attached hydrogens (primary N) is 1. The zero-order chi connectivity index (χ0) is 13.1. The normalized spacial score (nSPS) is 12.4. The van der Waals surface area contributed by atoms with Gasteiger partial charge in [0.05, 0.1) is 6.10 Å². The summed E-state index contributed by atoms with van der Waals surface area (Å²) >= 11 is 0. The second kappa shape index (κ2) is 5.14. The summed E-state index contributed by atoms with van der Waals surface area (Å²) in [6, 6.07) is 10.1. The molecule has 94 valence electrons. The fraction of sp³-hybridized carbons (Fsp3) is 0.143. The van der Waals surface area contributed by atoms with Crippen molar-refractivity contribution in [3.05, 3.63) is 65.2 Å². The minimum absolute atomic E-state index is 0.0559. The fourth-order valence-corrected chi connectivity index (χ4v) is 1.82. The highest BCUT2D eigenvalue weighted by atomic mass is 19.1. The van der Waals surface area contributed by atoms with Gasteiger partial charge in [0, 0.05) is 23.7 Å². The van der Waals surface area contributed by atoms with Crippen molar-refractivity contribution in [2.45, 2.75) is 12.5 Å². The summed E-state index contributed by atoms with van der Waals surface area (Å²) in [6.45, 7) is 0. The molecule has 0 saturated heterocycles. The van der Waals surface area contributed by atoms with Gasteiger partial charge in [-0.1, -0.05) is 24.3 Å². The van der Waals surface area contributed by atoms with Crippen molar-refractivity contribution in [2.75, 3.05) is 5.73 Å². The first-order valence-corrected chi connectivity index (χ1v) is 5.54. The van der Waals surface area contributed by atoms with Crippen LogP contribution >= 0.6 is 0 Å². The van der Waals surface area contributed by atoms with Crippen LogP contribution in [0.5, 0.6) is 0 Å². The summed E-state index contributed by atoms with van der Waals surface area (Å²) in [5.74, 6) is -1.30. The summed E-state index contributed by atoms with van der Waals surface area (Å²) in [4.78, 5) is 0. The van der Waals surface area contributed by atoms with Gasteiger partial charge in [-0.25, -0.2) is 8.78 Å². The summed E-state index contributed by atoms with van der Waals surface area (Å²) < 4.78 is 26.2. The number of benzene rings is 2. The minimum atomic E-state index is -0.911. The van der Waals surface area contributed by atoms with Crippen LogP contribution in [0.4, 0.5) is 14.5 Å². The molecule has 0 spiro atoms. The fourth-order valence-electron chi connectivity index (χ4n) is 1.82. The van der Waals surface area contributed by atoms with E-state index in [-0.39, 0.29) is 12.0 Å². The van der Waals surface area contributed by atoms with Crippen LogP contribution in [0.2, 0.25) is 0 Å². The van der Waals surface area contributed by atoms with Gasteiger partial charge in [-0.15, -0.1) is 0 Å². The predicted octanol–water partition coefficient (Wildman–Crippen LogP) is 2.82. The molecule has 1 unspecified atom stereocenters. The molecule has 0 aliphatic heterocycles. The Bertz CT molecular complexity index is 557. The third-order valence-corrected chi connectivity index (χ3v) is 2.78. The maximum absolute atomic E-state index is 13.4. The average molecular weight is 249 g/mol. The minimum Gasteiger partial charge on any atom is -0.398 e. The largest absolute Gasteiger partial charge is 0.398 e. The summed E-state index contributed by atoms with van der Waals surface area (Å²) in [6.07, 6.45) is -0.855. The number of nitrogen functional groups attached to an aromatic ring is 1. The van der Waals surface area contributed by atoms with E-state index in [4.69, 9.17) is 5.73 Å². The third-order valence-electron chi connectivity index (χ3n) is 2.78. The average Bonchev–Trinajstić information content (AvgIpc) is 2.33. The Hall–Kier alpha value is -1.94. The molecule has 3 N–H and O–H groups in total. The topological polar surface area (TPSA) is 46.2 Å². The second-order valence-electron chi connectivity index (χ2n) is 4.08. The number of aliphatic hydroxyl groups is 1. The SMILES string of the molecule is Nc1ccccc1C(O)Cc1ccc(F)cc1F. The Morgan fingerprint density at radius 1 is 1.11 bits per heavy atom. The lowest BCUT2D eigenvalue weighted by Crippen LogP contribution is -2.06. The van der Waals surface area contributed by atoms with E-state index in [0.29, 0.717) is 11.3 Å². The Balaban J connectivity index is 2.21. The molecule has 1 atom stereocenters. The number of halogens is 2. The van der Waals surface area contributed by atoms with Crippen molar-refractivity contribution < 1.29 is 13.9 Å². The molecule has 0 radical (unpaired) electrons. The van der Waals surface area contributed by atoms with Crippen LogP contribution in [-0.4, -0.2) is 5.11 Å². The van der Waals surface area contributed by atoms with Gasteiger partial charge >= 0.3 is 0 Å². The monoisotopic (exact) mass is 249 g/mol. The van der Waals surface area contributed by atoms with E-state index in [2.05, 4.69) is 0 Å². The number of hydrogen-bond acceptors (Lipinski definition) is 2. The van der Waals surface area contributed by atoms with E-state index in [9.17, 15) is 13.9 Å². The number of anilines is 1. The van der Waals surface area contributed by atoms with Gasteiger partial charge in [0.1, 0.15) is 11.6 Å². The van der Waals surface area contributed by atoms with E-state index >= 15 is 0 Å². The quantitative estimate of drug-likeness (QED) is 0.822. The van der Waals surface area contributed by atoms with Crippen molar-refractivity contribution in [2.24, 2.45) is 0 Å². The second-order valence-corrected chi connectivity index (χ2v) is 4.08. The summed E-state index contributed by atoms with van der Waals surface area (Å²) in [5.41, 5.74) is 6.97. The van der Waals surface area contributed by atoms with Gasteiger partial charge < -0.3 is 10.8 Å². The molecule has 18 heavy (non-hydrogen) atoms. The maximum Gasteiger partial charge on any atom is 0.129 e. The van der Waals surface area contributed by atoms with Crippen LogP contribution in [0.3, 0.4) is 0 Å². The van der Waals surface area contributed by atoms with Crippen LogP contribution in [0, 0.1) is 11.6 Å². The van der Waals surface area contributed by atoms with Gasteiger partial charge in [0.15, 0.2) is 0 Å². The van der Waals surface area contributed by atoms with Gasteiger partial charge in [-0.05, 0) is 17.7 Å². The van der Waals surface area contributed by atoms with E-state index in [1.54, 1.807) is 24.3 Å². The van der Waals surface area contributed by atoms with Crippen LogP contribution in [0.25, 0.3) is 0 Å². The van der Waals surface area contributed by atoms with Crippen molar-refractivity contribution in [1.29, 1.82) is 0 Å². The lowest BCUT2D eigenvalue weighted by molar-refractivity contribution is 0.178. The zero-order valence-electron chi connectivity index (χ0n) is 9.61. The predicted molar refractivity (Wildman–Crippen MR) is 65.9 cm³/mol. The molecule has 0 amide bonds. The van der Waals surface area contributed by atoms with Gasteiger partial charge in [0.25, 0.3) is 0 Å². The molecule has 0 aromatic heterocycles. The Labute approximate surface area is 104 Å². The van der Waals surface area contributed by atoms with E-state index < -0.39 is 17.7 Å². The molecule has 2 rings (SSSR count). The van der Waals surface area contributed by atoms with Crippen molar-refractivity contribution in [3.8, 4) is 0 Å². The number of hydrogen-bond donors (Lipinski definition) is 2. The molecule has 0 heterocycles. The first kappa shape index (κ1) is 12.5. The van der Waals surface area contributed by atoms with Gasteiger partial charge in [-0.3, -0.25) is 0 Å². The summed E-state index contributed by atoms with van der Waals surface area (Å²) in [5, 5.41) is 10.0. The Morgan fingerprint density at radius 2 is 1.83 bits per heavy atom. The number of rotatable bonds is 3. The summed E-state index contributed by atoms with van der Waals surface area (Å²) in [7, 11) is 0. The van der Waals surface area contributed by atoms with Gasteiger partial charge in [0.2, 0.25) is 0 Å². The van der Waals surface area contributed by atoms with Crippen LogP contribution < -0.4 is 5.73 Å². The lowest BCUT2D eigenvalue weighted by atomic mass is 10.00. The Morgan fingerprint density at radius 3 is 2.50 bits per heavy atom. The Kier molecular flexibility index (Phi) is 3.58. The number of para-hydroxylation sites is 1. The smallest absolute Gasteiger partial charge is 0.129 e. The van der Waals surface area contributed by atoms with E-state index in [1.165, 1.54) is 12.1 Å². The first-order valence-electron chi connectivity index (χ1n) is 5.54. The molecule has 4 heteroatoms. The molecular weight excluding hydrogens is 236 g/mol. The van der Waals surface area contributed by atoms with Crippen LogP contribution in [0.15, 0.2) is 42.5 Å². The standard InChI is InChI=1S/C14H13F2NO/c15-10-6-5-9(12(16)8-10)7-14(18)11-3-1-2-4-13(11)17/h1-6,8,14,18H,7,17H2. The molecule has 0 aliphatic rings. The van der Waals surface area contributed by atoms with Crippen molar-refractivity contribution in [1.82, 2.24) is 0 Å². The highest BCUT2D eigenvalue weighted by molar-refractivity contribution is 5.48. The highest BCUT2D eigenvalue weighted by Crippen LogP contribution is 2.24. The molecule has 0 aliphatic carbocycles. The first-order chi connectivity index (χ1) is 8.58. The molecule has 2 aromatic rings. The highest BCUT2D eigenvalue weighted by Gasteiger charge is 2.14. The molecule has 0 fully saturated rings. The van der Waals surface area contributed by atoms with Crippen LogP contribution in [-0.2, 0) is 6.42 Å². The molecule has 2 aromatic carbocycles. The van der Waals surface area contributed by atoms with Crippen LogP contribution in [0.1, 0.15) is 17.2 Å². The van der Waals surface area contributed by atoms with E-state index in [1.807, 2.05) is 0 Å². The van der Waals surface area contributed by atoms with Gasteiger partial charge in [-0.2, -0.15) is 0 Å². The number of aliphatic hydroxyl groups excluding tert-OH is 1. The van der Waals surface area contributed by atoms with E-state index in [0.717, 1.165) is 6.07 Å². The molecular formula is C14H13F2NO. The molecule has 2 nitrogen and oxygen atoms in total. The third kappa shape index (κ3) is 2.65. The molecule has 0 saturated carbocycles. The van der Waals surface area contributed by atoms with Crippen molar-refractivity contribution >= 4 is 5.69 Å². The lowest BCUT2D eigenvalue weighted by Gasteiger charge is -2.13. The maximum atomic E-state index is 13.4.